The topological polar surface area (TPSA) is 94.4 Å². The maximum Gasteiger partial charge on any atom is 0.265 e. The number of carbonyl (C=O) groups excluding carboxylic acids is 1. The Hall–Kier alpha value is -3.68. The Morgan fingerprint density at radius 1 is 1.19 bits per heavy atom. The number of fused-ring (bicyclic) bond motifs is 2. The van der Waals surface area contributed by atoms with Crippen molar-refractivity contribution in [2.45, 2.75) is 18.8 Å². The van der Waals surface area contributed by atoms with E-state index in [1.165, 1.54) is 23.7 Å². The van der Waals surface area contributed by atoms with E-state index < -0.39 is 17.3 Å². The van der Waals surface area contributed by atoms with Crippen LogP contribution in [0, 0.1) is 5.82 Å². The van der Waals surface area contributed by atoms with Crippen LogP contribution in [0.4, 0.5) is 10.1 Å². The molecule has 1 aliphatic heterocycles. The van der Waals surface area contributed by atoms with Crippen molar-refractivity contribution < 1.29 is 13.6 Å². The first kappa shape index (κ1) is 19.3. The third-order valence-electron chi connectivity index (χ3n) is 6.05. The van der Waals surface area contributed by atoms with Crippen molar-refractivity contribution >= 4 is 33.6 Å². The van der Waals surface area contributed by atoms with Crippen molar-refractivity contribution in [1.29, 1.82) is 0 Å². The Morgan fingerprint density at radius 2 is 1.94 bits per heavy atom. The summed E-state index contributed by atoms with van der Waals surface area (Å²) in [6.07, 6.45) is 1.48. The van der Waals surface area contributed by atoms with E-state index >= 15 is 0 Å². The zero-order chi connectivity index (χ0) is 21.7. The summed E-state index contributed by atoms with van der Waals surface area (Å²) in [6, 6.07) is 11.9. The number of hydrogen-bond donors (Lipinski definition) is 1. The molecular weight excluding hydrogens is 399 g/mol. The van der Waals surface area contributed by atoms with Crippen LogP contribution in [0.1, 0.15) is 35.0 Å². The molecule has 8 heteroatoms. The highest BCUT2D eigenvalue weighted by atomic mass is 19.1. The van der Waals surface area contributed by atoms with E-state index in [9.17, 15) is 14.0 Å². The summed E-state index contributed by atoms with van der Waals surface area (Å²) in [4.78, 5) is 31.7. The summed E-state index contributed by atoms with van der Waals surface area (Å²) in [5.74, 6) is -0.402. The van der Waals surface area contributed by atoms with E-state index in [0.717, 1.165) is 23.9 Å². The second-order valence-corrected chi connectivity index (χ2v) is 7.89. The second-order valence-electron chi connectivity index (χ2n) is 7.89. The summed E-state index contributed by atoms with van der Waals surface area (Å²) in [7, 11) is 1.51. The van der Waals surface area contributed by atoms with Crippen molar-refractivity contribution in [3.05, 3.63) is 70.1 Å². The van der Waals surface area contributed by atoms with Gasteiger partial charge in [0.1, 0.15) is 16.9 Å². The van der Waals surface area contributed by atoms with Crippen molar-refractivity contribution in [2.75, 3.05) is 18.0 Å². The van der Waals surface area contributed by atoms with E-state index in [1.54, 1.807) is 6.07 Å². The number of piperidine rings is 1. The first-order chi connectivity index (χ1) is 14.9. The van der Waals surface area contributed by atoms with Crippen LogP contribution in [0.5, 0.6) is 0 Å². The fourth-order valence-electron chi connectivity index (χ4n) is 4.46. The highest BCUT2D eigenvalue weighted by molar-refractivity contribution is 6.07. The molecule has 1 saturated heterocycles. The number of halogens is 1. The summed E-state index contributed by atoms with van der Waals surface area (Å²) in [6.45, 7) is 1.17. The predicted molar refractivity (Wildman–Crippen MR) is 116 cm³/mol. The number of anilines is 1. The van der Waals surface area contributed by atoms with Crippen molar-refractivity contribution in [3.63, 3.8) is 0 Å². The third-order valence-corrected chi connectivity index (χ3v) is 6.05. The second kappa shape index (κ2) is 7.23. The van der Waals surface area contributed by atoms with Gasteiger partial charge in [0.25, 0.3) is 11.5 Å². The van der Waals surface area contributed by atoms with E-state index in [-0.39, 0.29) is 11.5 Å². The van der Waals surface area contributed by atoms with Crippen LogP contribution >= 0.6 is 0 Å². The Labute approximate surface area is 176 Å². The molecule has 0 bridgehead atoms. The third kappa shape index (κ3) is 3.15. The zero-order valence-electron chi connectivity index (χ0n) is 17.0. The molecule has 0 unspecified atom stereocenters. The summed E-state index contributed by atoms with van der Waals surface area (Å²) >= 11 is 0. The zero-order valence-corrected chi connectivity index (χ0v) is 17.0. The van der Waals surface area contributed by atoms with Gasteiger partial charge >= 0.3 is 0 Å². The Kier molecular flexibility index (Phi) is 4.50. The average Bonchev–Trinajstić information content (AvgIpc) is 3.20. The van der Waals surface area contributed by atoms with Gasteiger partial charge in [0.2, 0.25) is 0 Å². The SMILES string of the molecule is Cn1c(=O)c(C(N)=O)c(N2CCC(c3nc4ccccc4o3)CC2)c2ccc(F)cc21. The van der Waals surface area contributed by atoms with Gasteiger partial charge in [-0.15, -0.1) is 0 Å². The van der Waals surface area contributed by atoms with Crippen LogP contribution in [0.25, 0.3) is 22.0 Å². The van der Waals surface area contributed by atoms with Crippen LogP contribution < -0.4 is 16.2 Å². The minimum atomic E-state index is -0.789. The summed E-state index contributed by atoms with van der Waals surface area (Å²) in [5, 5.41) is 0.623. The Morgan fingerprint density at radius 3 is 2.65 bits per heavy atom. The van der Waals surface area contributed by atoms with Gasteiger partial charge in [-0.2, -0.15) is 0 Å². The number of aromatic nitrogens is 2. The van der Waals surface area contributed by atoms with E-state index in [2.05, 4.69) is 4.98 Å². The monoisotopic (exact) mass is 420 g/mol. The molecule has 2 aromatic carbocycles. The van der Waals surface area contributed by atoms with E-state index in [1.807, 2.05) is 29.2 Å². The smallest absolute Gasteiger partial charge is 0.265 e. The number of benzene rings is 2. The van der Waals surface area contributed by atoms with Crippen molar-refractivity contribution in [1.82, 2.24) is 9.55 Å². The molecule has 1 amide bonds. The molecule has 1 aliphatic rings. The quantitative estimate of drug-likeness (QED) is 0.549. The number of oxazole rings is 1. The van der Waals surface area contributed by atoms with Gasteiger partial charge in [0.05, 0.1) is 11.2 Å². The Bertz CT molecular complexity index is 1350. The molecule has 5 rings (SSSR count). The lowest BCUT2D eigenvalue weighted by Crippen LogP contribution is -2.38. The fourth-order valence-corrected chi connectivity index (χ4v) is 4.46. The minimum Gasteiger partial charge on any atom is -0.440 e. The number of carbonyl (C=O) groups is 1. The number of para-hydroxylation sites is 2. The highest BCUT2D eigenvalue weighted by Gasteiger charge is 2.29. The number of aryl methyl sites for hydroxylation is 1. The minimum absolute atomic E-state index is 0.0677. The normalized spacial score (nSPS) is 15.1. The fraction of sp³-hybridized carbons (Fsp3) is 0.261. The lowest BCUT2D eigenvalue weighted by molar-refractivity contribution is 0.0999. The lowest BCUT2D eigenvalue weighted by atomic mass is 9.95. The molecule has 2 N–H and O–H groups in total. The number of nitrogens with zero attached hydrogens (tertiary/aromatic N) is 3. The van der Waals surface area contributed by atoms with Gasteiger partial charge in [0.15, 0.2) is 11.5 Å². The number of pyridine rings is 1. The summed E-state index contributed by atoms with van der Waals surface area (Å²) in [5.41, 5.74) is 7.49. The molecule has 7 nitrogen and oxygen atoms in total. The van der Waals surface area contributed by atoms with Crippen molar-refractivity contribution in [2.24, 2.45) is 12.8 Å². The van der Waals surface area contributed by atoms with E-state index in [0.29, 0.717) is 35.6 Å². The molecule has 4 aromatic rings. The molecule has 0 saturated carbocycles. The summed E-state index contributed by atoms with van der Waals surface area (Å²) < 4.78 is 21.1. The number of primary amides is 1. The maximum absolute atomic E-state index is 13.9. The van der Waals surface area contributed by atoms with Gasteiger partial charge in [-0.3, -0.25) is 9.59 Å². The van der Waals surface area contributed by atoms with Crippen LogP contribution in [0.15, 0.2) is 51.7 Å². The van der Waals surface area contributed by atoms with Gasteiger partial charge in [-0.05, 0) is 43.2 Å². The first-order valence-electron chi connectivity index (χ1n) is 10.2. The highest BCUT2D eigenvalue weighted by Crippen LogP contribution is 2.35. The van der Waals surface area contributed by atoms with Gasteiger partial charge in [0, 0.05) is 31.4 Å². The predicted octanol–water partition coefficient (Wildman–Crippen LogP) is 3.30. The van der Waals surface area contributed by atoms with Crippen molar-refractivity contribution in [3.8, 4) is 0 Å². The molecule has 2 aromatic heterocycles. The molecule has 3 heterocycles. The van der Waals surface area contributed by atoms with Crippen LogP contribution in [-0.4, -0.2) is 28.5 Å². The molecule has 0 spiro atoms. The molecule has 0 atom stereocenters. The van der Waals surface area contributed by atoms with Gasteiger partial charge in [-0.25, -0.2) is 9.37 Å². The average molecular weight is 420 g/mol. The number of amides is 1. The number of hydrogen-bond acceptors (Lipinski definition) is 5. The lowest BCUT2D eigenvalue weighted by Gasteiger charge is -2.34. The Balaban J connectivity index is 1.53. The number of nitrogens with two attached hydrogens (primary N) is 1. The van der Waals surface area contributed by atoms with Gasteiger partial charge in [-0.1, -0.05) is 12.1 Å². The van der Waals surface area contributed by atoms with E-state index in [4.69, 9.17) is 10.2 Å². The maximum atomic E-state index is 13.9. The molecule has 31 heavy (non-hydrogen) atoms. The first-order valence-corrected chi connectivity index (χ1v) is 10.2. The largest absolute Gasteiger partial charge is 0.440 e. The number of rotatable bonds is 3. The molecule has 0 radical (unpaired) electrons. The molecule has 0 aliphatic carbocycles. The van der Waals surface area contributed by atoms with Crippen LogP contribution in [0.3, 0.4) is 0 Å². The molecular formula is C23H21FN4O3. The molecule has 158 valence electrons. The van der Waals surface area contributed by atoms with Crippen LogP contribution in [-0.2, 0) is 7.05 Å². The van der Waals surface area contributed by atoms with Gasteiger partial charge < -0.3 is 19.6 Å². The standard InChI is InChI=1S/C23H21FN4O3/c1-27-17-12-14(24)6-7-15(17)20(19(21(25)29)23(27)30)28-10-8-13(9-11-28)22-26-16-4-2-3-5-18(16)31-22/h2-7,12-13H,8-11H2,1H3,(H2,25,29). The van der Waals surface area contributed by atoms with Crippen LogP contribution in [0.2, 0.25) is 0 Å². The molecule has 1 fully saturated rings.